The molecular weight excluding hydrogens is 416 g/mol. The van der Waals surface area contributed by atoms with Gasteiger partial charge in [0.15, 0.2) is 5.82 Å². The van der Waals surface area contributed by atoms with Gasteiger partial charge in [-0.2, -0.15) is 24.9 Å². The number of benzene rings is 2. The molecule has 0 atom stereocenters. The molecule has 10 heteroatoms. The van der Waals surface area contributed by atoms with Gasteiger partial charge < -0.3 is 5.32 Å². The van der Waals surface area contributed by atoms with Crippen LogP contribution in [0.2, 0.25) is 0 Å². The van der Waals surface area contributed by atoms with Crippen LogP contribution in [0.1, 0.15) is 11.1 Å². The van der Waals surface area contributed by atoms with E-state index in [1.54, 1.807) is 6.26 Å². The number of alkyl halides is 3. The second-order valence-electron chi connectivity index (χ2n) is 5.99. The van der Waals surface area contributed by atoms with Crippen LogP contribution in [0, 0.1) is 17.5 Å². The Morgan fingerprint density at radius 3 is 2.41 bits per heavy atom. The Morgan fingerprint density at radius 2 is 1.76 bits per heavy atom. The fraction of sp³-hybridized carbons (Fsp3) is 0.158. The summed E-state index contributed by atoms with van der Waals surface area (Å²) in [6.45, 7) is 0. The van der Waals surface area contributed by atoms with Crippen molar-refractivity contribution in [3.8, 4) is 11.3 Å². The first kappa shape index (κ1) is 21.0. The highest BCUT2D eigenvalue weighted by Crippen LogP contribution is 2.33. The zero-order valence-corrected chi connectivity index (χ0v) is 15.6. The van der Waals surface area contributed by atoms with Crippen molar-refractivity contribution in [3.05, 3.63) is 71.2 Å². The van der Waals surface area contributed by atoms with E-state index in [-0.39, 0.29) is 17.2 Å². The van der Waals surface area contributed by atoms with Crippen molar-refractivity contribution in [2.75, 3.05) is 11.6 Å². The summed E-state index contributed by atoms with van der Waals surface area (Å²) in [4.78, 5) is 7.54. The summed E-state index contributed by atoms with van der Waals surface area (Å²) < 4.78 is 80.6. The molecular formula is C19H13F6N3S. The highest BCUT2D eigenvalue weighted by atomic mass is 32.2. The van der Waals surface area contributed by atoms with Crippen LogP contribution in [-0.2, 0) is 11.9 Å². The molecule has 1 heterocycles. The number of nitrogens with one attached hydrogen (secondary N) is 1. The molecule has 0 aliphatic heterocycles. The fourth-order valence-corrected chi connectivity index (χ4v) is 3.10. The van der Waals surface area contributed by atoms with E-state index in [9.17, 15) is 26.3 Å². The second-order valence-corrected chi connectivity index (χ2v) is 6.85. The van der Waals surface area contributed by atoms with Gasteiger partial charge in [-0.15, -0.1) is 0 Å². The smallest absolute Gasteiger partial charge is 0.324 e. The molecule has 0 radical (unpaired) electrons. The van der Waals surface area contributed by atoms with Gasteiger partial charge in [-0.3, -0.25) is 0 Å². The van der Waals surface area contributed by atoms with Crippen LogP contribution >= 0.6 is 11.8 Å². The average Bonchev–Trinajstić information content (AvgIpc) is 2.63. The zero-order valence-electron chi connectivity index (χ0n) is 14.8. The number of hydrogen-bond donors (Lipinski definition) is 1. The normalized spacial score (nSPS) is 11.6. The summed E-state index contributed by atoms with van der Waals surface area (Å²) in [5.74, 6) is -2.73. The quantitative estimate of drug-likeness (QED) is 0.491. The van der Waals surface area contributed by atoms with Gasteiger partial charge in [-0.25, -0.2) is 23.1 Å². The lowest BCUT2D eigenvalue weighted by molar-refractivity contribution is -0.137. The van der Waals surface area contributed by atoms with Gasteiger partial charge in [0.05, 0.1) is 11.8 Å². The molecule has 0 aliphatic carbocycles. The number of rotatable bonds is 5. The molecule has 29 heavy (non-hydrogen) atoms. The number of thioether (sulfide) groups is 1. The first-order chi connectivity index (χ1) is 13.7. The Morgan fingerprint density at radius 1 is 1.00 bits per heavy atom. The van der Waals surface area contributed by atoms with Gasteiger partial charge >= 0.3 is 6.18 Å². The van der Waals surface area contributed by atoms with Crippen molar-refractivity contribution in [1.29, 1.82) is 0 Å². The van der Waals surface area contributed by atoms with Crippen LogP contribution in [0.25, 0.3) is 11.3 Å². The van der Waals surface area contributed by atoms with Crippen LogP contribution in [0.15, 0.2) is 42.6 Å². The van der Waals surface area contributed by atoms with Crippen molar-refractivity contribution in [2.45, 2.75) is 11.9 Å². The fourth-order valence-electron chi connectivity index (χ4n) is 2.60. The molecule has 0 bridgehead atoms. The van der Waals surface area contributed by atoms with Gasteiger partial charge in [0.1, 0.15) is 17.3 Å². The van der Waals surface area contributed by atoms with Crippen LogP contribution in [0.4, 0.5) is 38.0 Å². The Balaban J connectivity index is 2.00. The molecule has 3 nitrogen and oxygen atoms in total. The molecule has 1 N–H and O–H groups in total. The summed E-state index contributed by atoms with van der Waals surface area (Å²) in [5, 5.41) is 2.59. The topological polar surface area (TPSA) is 37.8 Å². The molecule has 0 amide bonds. The molecule has 3 rings (SSSR count). The van der Waals surface area contributed by atoms with Gasteiger partial charge in [-0.1, -0.05) is 0 Å². The third kappa shape index (κ3) is 5.00. The Hall–Kier alpha value is -2.75. The summed E-state index contributed by atoms with van der Waals surface area (Å²) in [5.41, 5.74) is -1.15. The highest BCUT2D eigenvalue weighted by Gasteiger charge is 2.31. The van der Waals surface area contributed by atoms with Crippen molar-refractivity contribution in [1.82, 2.24) is 9.97 Å². The third-order valence-electron chi connectivity index (χ3n) is 3.82. The average molecular weight is 429 g/mol. The molecule has 152 valence electrons. The summed E-state index contributed by atoms with van der Waals surface area (Å²) >= 11 is 1.35. The van der Waals surface area contributed by atoms with Gasteiger partial charge in [0, 0.05) is 23.1 Å². The predicted octanol–water partition coefficient (Wildman–Crippen LogP) is 6.19. The second kappa shape index (κ2) is 8.32. The lowest BCUT2D eigenvalue weighted by Crippen LogP contribution is -2.07. The minimum absolute atomic E-state index is 0.0426. The molecule has 0 aliphatic rings. The van der Waals surface area contributed by atoms with Crippen LogP contribution < -0.4 is 5.32 Å². The first-order valence-electron chi connectivity index (χ1n) is 8.12. The van der Waals surface area contributed by atoms with Crippen LogP contribution in [0.3, 0.4) is 0 Å². The number of aromatic nitrogens is 2. The minimum Gasteiger partial charge on any atom is -0.324 e. The molecule has 3 aromatic rings. The van der Waals surface area contributed by atoms with E-state index in [1.807, 2.05) is 0 Å². The van der Waals surface area contributed by atoms with E-state index in [0.29, 0.717) is 17.4 Å². The predicted molar refractivity (Wildman–Crippen MR) is 99.3 cm³/mol. The lowest BCUT2D eigenvalue weighted by atomic mass is 10.1. The molecule has 0 saturated carbocycles. The minimum atomic E-state index is -4.56. The third-order valence-corrected chi connectivity index (χ3v) is 4.44. The molecule has 1 aromatic heterocycles. The summed E-state index contributed by atoms with van der Waals surface area (Å²) in [6, 6.07) is 5.92. The highest BCUT2D eigenvalue weighted by molar-refractivity contribution is 7.97. The number of nitrogens with zero attached hydrogens (tertiary/aromatic N) is 2. The van der Waals surface area contributed by atoms with E-state index in [4.69, 9.17) is 0 Å². The molecule has 0 saturated heterocycles. The molecule has 2 aromatic carbocycles. The van der Waals surface area contributed by atoms with Crippen LogP contribution in [-0.4, -0.2) is 16.2 Å². The Labute approximate surface area is 166 Å². The van der Waals surface area contributed by atoms with Crippen molar-refractivity contribution in [3.63, 3.8) is 0 Å². The van der Waals surface area contributed by atoms with Gasteiger partial charge in [0.25, 0.3) is 0 Å². The van der Waals surface area contributed by atoms with E-state index in [0.717, 1.165) is 30.5 Å². The maximum Gasteiger partial charge on any atom is 0.416 e. The Kier molecular flexibility index (Phi) is 6.02. The van der Waals surface area contributed by atoms with E-state index < -0.39 is 34.9 Å². The van der Waals surface area contributed by atoms with Crippen LogP contribution in [0.5, 0.6) is 0 Å². The lowest BCUT2D eigenvalue weighted by Gasteiger charge is -2.13. The summed E-state index contributed by atoms with van der Waals surface area (Å²) in [6.07, 6.45) is -2.05. The molecule has 0 fully saturated rings. The Bertz CT molecular complexity index is 1040. The molecule has 0 unspecified atom stereocenters. The zero-order chi connectivity index (χ0) is 21.2. The van der Waals surface area contributed by atoms with Crippen molar-refractivity contribution >= 4 is 23.4 Å². The van der Waals surface area contributed by atoms with Crippen molar-refractivity contribution in [2.24, 2.45) is 0 Å². The molecule has 0 spiro atoms. The van der Waals surface area contributed by atoms with Gasteiger partial charge in [-0.05, 0) is 42.2 Å². The number of anilines is 2. The van der Waals surface area contributed by atoms with E-state index >= 15 is 0 Å². The maximum absolute atomic E-state index is 14.1. The maximum atomic E-state index is 14.1. The summed E-state index contributed by atoms with van der Waals surface area (Å²) in [7, 11) is 0. The van der Waals surface area contributed by atoms with E-state index in [1.165, 1.54) is 17.8 Å². The SMILES string of the molecule is CSCc1cc(Nc2ncc(F)c(-c3ccc(F)cc3F)n2)cc(C(F)(F)F)c1. The largest absolute Gasteiger partial charge is 0.416 e. The van der Waals surface area contributed by atoms with E-state index in [2.05, 4.69) is 15.3 Å². The number of halogens is 6. The standard InChI is InChI=1S/C19H13F6N3S/c1-29-9-10-4-11(19(23,24)25)6-13(5-10)27-18-26-8-16(22)17(28-18)14-3-2-12(20)7-15(14)21/h2-8H,9H2,1H3,(H,26,27,28). The first-order valence-corrected chi connectivity index (χ1v) is 9.52. The van der Waals surface area contributed by atoms with Gasteiger partial charge in [0.2, 0.25) is 5.95 Å². The van der Waals surface area contributed by atoms with Crippen molar-refractivity contribution < 1.29 is 26.3 Å². The number of hydrogen-bond acceptors (Lipinski definition) is 4. The monoisotopic (exact) mass is 429 g/mol.